The molecule has 0 aliphatic carbocycles. The van der Waals surface area contributed by atoms with Crippen molar-refractivity contribution >= 4 is 10.0 Å². The minimum Gasteiger partial charge on any atom is -0.379 e. The molecule has 0 bridgehead atoms. The van der Waals surface area contributed by atoms with Crippen LogP contribution in [0.1, 0.15) is 6.04 Å². The first kappa shape index (κ1) is 16.1. The fraction of sp³-hybridized carbons (Fsp3) is 0.467. The Morgan fingerprint density at radius 1 is 1.35 bits per heavy atom. The molecular formula is C15H20N4O3S. The van der Waals surface area contributed by atoms with Gasteiger partial charge in [-0.25, -0.2) is 17.7 Å². The number of hydrogen-bond donors (Lipinski definition) is 0. The maximum Gasteiger partial charge on any atom is 0.214 e. The topological polar surface area (TPSA) is 77.3 Å². The number of aromatic nitrogens is 3. The van der Waals surface area contributed by atoms with Crippen LogP contribution in [0.25, 0.3) is 11.4 Å². The van der Waals surface area contributed by atoms with Gasteiger partial charge in [0, 0.05) is 50.4 Å². The smallest absolute Gasteiger partial charge is 0.214 e. The molecule has 1 saturated heterocycles. The maximum absolute atomic E-state index is 12.2. The zero-order valence-corrected chi connectivity index (χ0v) is 14.0. The van der Waals surface area contributed by atoms with E-state index in [1.165, 1.54) is 4.31 Å². The molecule has 7 nitrogen and oxygen atoms in total. The summed E-state index contributed by atoms with van der Waals surface area (Å²) in [5.74, 6) is 0.739. The van der Waals surface area contributed by atoms with Crippen molar-refractivity contribution in [3.63, 3.8) is 0 Å². The molecule has 0 spiro atoms. The fourth-order valence-corrected chi connectivity index (χ4v) is 3.93. The third-order valence-corrected chi connectivity index (χ3v) is 6.05. The molecule has 1 aliphatic rings. The van der Waals surface area contributed by atoms with Gasteiger partial charge >= 0.3 is 0 Å². The van der Waals surface area contributed by atoms with Gasteiger partial charge in [0.25, 0.3) is 0 Å². The lowest BCUT2D eigenvalue weighted by atomic mass is 10.1. The van der Waals surface area contributed by atoms with Gasteiger partial charge < -0.3 is 9.30 Å². The van der Waals surface area contributed by atoms with Gasteiger partial charge in [-0.05, 0) is 12.1 Å². The Hall–Kier alpha value is -1.77. The van der Waals surface area contributed by atoms with Crippen LogP contribution in [0.4, 0.5) is 0 Å². The molecular weight excluding hydrogens is 316 g/mol. The predicted molar refractivity (Wildman–Crippen MR) is 86.3 cm³/mol. The largest absolute Gasteiger partial charge is 0.379 e. The molecule has 0 unspecified atom stereocenters. The lowest BCUT2D eigenvalue weighted by molar-refractivity contribution is 0.182. The van der Waals surface area contributed by atoms with Gasteiger partial charge in [-0.15, -0.1) is 0 Å². The van der Waals surface area contributed by atoms with Gasteiger partial charge in [0.2, 0.25) is 10.0 Å². The van der Waals surface area contributed by atoms with E-state index in [9.17, 15) is 8.42 Å². The molecule has 8 heteroatoms. The van der Waals surface area contributed by atoms with Gasteiger partial charge in [0.05, 0.1) is 25.0 Å². The molecule has 0 radical (unpaired) electrons. The van der Waals surface area contributed by atoms with E-state index in [0.717, 1.165) is 11.4 Å². The van der Waals surface area contributed by atoms with Crippen LogP contribution in [-0.4, -0.2) is 60.3 Å². The summed E-state index contributed by atoms with van der Waals surface area (Å²) in [6.07, 6.45) is 7.05. The Labute approximate surface area is 136 Å². The molecule has 124 valence electrons. The summed E-state index contributed by atoms with van der Waals surface area (Å²) in [4.78, 5) is 8.53. The van der Waals surface area contributed by atoms with Crippen LogP contribution in [0.5, 0.6) is 0 Å². The number of rotatable bonds is 5. The average Bonchev–Trinajstić information content (AvgIpc) is 3.16. The Balaban J connectivity index is 1.89. The first-order valence-corrected chi connectivity index (χ1v) is 9.01. The van der Waals surface area contributed by atoms with Crippen molar-refractivity contribution in [2.24, 2.45) is 5.92 Å². The molecule has 1 fully saturated rings. The minimum atomic E-state index is -3.28. The van der Waals surface area contributed by atoms with Gasteiger partial charge in [0.15, 0.2) is 0 Å². The van der Waals surface area contributed by atoms with Crippen molar-refractivity contribution in [3.8, 4) is 11.4 Å². The second-order valence-electron chi connectivity index (χ2n) is 5.83. The summed E-state index contributed by atoms with van der Waals surface area (Å²) in [7, 11) is -0.168. The molecule has 1 aliphatic heterocycles. The molecule has 0 aromatic carbocycles. The van der Waals surface area contributed by atoms with Crippen molar-refractivity contribution in [3.05, 3.63) is 36.9 Å². The monoisotopic (exact) mass is 336 g/mol. The number of pyridine rings is 1. The molecule has 0 saturated carbocycles. The molecule has 3 heterocycles. The van der Waals surface area contributed by atoms with E-state index in [1.54, 1.807) is 32.7 Å². The molecule has 2 aromatic rings. The van der Waals surface area contributed by atoms with Crippen LogP contribution in [0.2, 0.25) is 0 Å². The second kappa shape index (κ2) is 6.38. The Kier molecular flexibility index (Phi) is 4.47. The van der Waals surface area contributed by atoms with E-state index in [1.807, 2.05) is 22.9 Å². The Morgan fingerprint density at radius 3 is 2.87 bits per heavy atom. The van der Waals surface area contributed by atoms with Crippen LogP contribution in [0.15, 0.2) is 36.9 Å². The first-order valence-electron chi connectivity index (χ1n) is 7.40. The number of imidazole rings is 1. The summed E-state index contributed by atoms with van der Waals surface area (Å²) in [6, 6.07) is 3.74. The standard InChI is InChI=1S/C15H20N4O3S/c1-18(2)23(20,21)11-13-9-22-10-14(13)19-7-6-17-15(19)12-4-3-5-16-8-12/h3-8,13-14H,9-11H2,1-2H3/t13-,14-/m1/s1. The van der Waals surface area contributed by atoms with E-state index in [-0.39, 0.29) is 17.7 Å². The molecule has 2 atom stereocenters. The highest BCUT2D eigenvalue weighted by molar-refractivity contribution is 7.89. The SMILES string of the molecule is CN(C)S(=O)(=O)C[C@H]1COC[C@H]1n1ccnc1-c1cccnc1. The lowest BCUT2D eigenvalue weighted by Crippen LogP contribution is -2.32. The Bertz CT molecular complexity index is 758. The molecule has 0 N–H and O–H groups in total. The molecule has 2 aromatic heterocycles. The van der Waals surface area contributed by atoms with Crippen LogP contribution >= 0.6 is 0 Å². The zero-order chi connectivity index (χ0) is 16.4. The number of ether oxygens (including phenoxy) is 1. The minimum absolute atomic E-state index is 0.0533. The van der Waals surface area contributed by atoms with Gasteiger partial charge in [-0.3, -0.25) is 4.98 Å². The third kappa shape index (κ3) is 3.29. The number of sulfonamides is 1. The molecule has 0 amide bonds. The summed E-state index contributed by atoms with van der Waals surface area (Å²) in [5, 5.41) is 0. The number of nitrogens with zero attached hydrogens (tertiary/aromatic N) is 4. The maximum atomic E-state index is 12.2. The van der Waals surface area contributed by atoms with Crippen molar-refractivity contribution in [1.29, 1.82) is 0 Å². The highest BCUT2D eigenvalue weighted by atomic mass is 32.2. The van der Waals surface area contributed by atoms with Crippen LogP contribution in [-0.2, 0) is 14.8 Å². The first-order chi connectivity index (χ1) is 11.0. The van der Waals surface area contributed by atoms with Crippen molar-refractivity contribution in [2.45, 2.75) is 6.04 Å². The van der Waals surface area contributed by atoms with E-state index in [4.69, 9.17) is 4.74 Å². The average molecular weight is 336 g/mol. The van der Waals surface area contributed by atoms with Crippen LogP contribution in [0, 0.1) is 5.92 Å². The highest BCUT2D eigenvalue weighted by Gasteiger charge is 2.35. The number of hydrogen-bond acceptors (Lipinski definition) is 5. The lowest BCUT2D eigenvalue weighted by Gasteiger charge is -2.22. The van der Waals surface area contributed by atoms with Crippen molar-refractivity contribution in [1.82, 2.24) is 18.8 Å². The van der Waals surface area contributed by atoms with Gasteiger partial charge in [0.1, 0.15) is 5.82 Å². The summed E-state index contributed by atoms with van der Waals surface area (Å²) < 4.78 is 33.2. The van der Waals surface area contributed by atoms with E-state index in [2.05, 4.69) is 9.97 Å². The van der Waals surface area contributed by atoms with Crippen LogP contribution < -0.4 is 0 Å². The molecule has 23 heavy (non-hydrogen) atoms. The third-order valence-electron chi connectivity index (χ3n) is 4.09. The molecule has 3 rings (SSSR count). The van der Waals surface area contributed by atoms with E-state index in [0.29, 0.717) is 13.2 Å². The van der Waals surface area contributed by atoms with E-state index < -0.39 is 10.0 Å². The van der Waals surface area contributed by atoms with Crippen LogP contribution in [0.3, 0.4) is 0 Å². The quantitative estimate of drug-likeness (QED) is 0.815. The van der Waals surface area contributed by atoms with E-state index >= 15 is 0 Å². The van der Waals surface area contributed by atoms with Gasteiger partial charge in [-0.2, -0.15) is 0 Å². The predicted octanol–water partition coefficient (Wildman–Crippen LogP) is 1.02. The second-order valence-corrected chi connectivity index (χ2v) is 8.05. The van der Waals surface area contributed by atoms with Gasteiger partial charge in [-0.1, -0.05) is 0 Å². The Morgan fingerprint density at radius 2 is 2.17 bits per heavy atom. The summed E-state index contributed by atoms with van der Waals surface area (Å²) >= 11 is 0. The summed E-state index contributed by atoms with van der Waals surface area (Å²) in [5.41, 5.74) is 0.901. The summed E-state index contributed by atoms with van der Waals surface area (Å²) in [6.45, 7) is 0.916. The van der Waals surface area contributed by atoms with Crippen molar-refractivity contribution < 1.29 is 13.2 Å². The zero-order valence-electron chi connectivity index (χ0n) is 13.2. The normalized spacial score (nSPS) is 21.9. The van der Waals surface area contributed by atoms with Crippen molar-refractivity contribution in [2.75, 3.05) is 33.1 Å². The highest BCUT2D eigenvalue weighted by Crippen LogP contribution is 2.31. The fourth-order valence-electron chi connectivity index (χ4n) is 2.77.